The molecule has 1 rings (SSSR count). The van der Waals surface area contributed by atoms with Gasteiger partial charge in [0.15, 0.2) is 0 Å². The normalized spacial score (nSPS) is 9.78. The minimum atomic E-state index is -0.726. The van der Waals surface area contributed by atoms with E-state index in [2.05, 4.69) is 10.2 Å². The average molecular weight is 271 g/mol. The summed E-state index contributed by atoms with van der Waals surface area (Å²) in [6.45, 7) is 3.69. The molecule has 18 heavy (non-hydrogen) atoms. The van der Waals surface area contributed by atoms with Gasteiger partial charge < -0.3 is 4.74 Å². The van der Waals surface area contributed by atoms with Gasteiger partial charge in [-0.05, 0) is 25.0 Å². The molecule has 0 aliphatic rings. The SMILES string of the molecule is COC(=O)NN(C(=O)CCl)c1c(C)cccc1C. The van der Waals surface area contributed by atoms with Crippen LogP contribution < -0.4 is 10.4 Å². The molecule has 1 aromatic carbocycles. The zero-order valence-electron chi connectivity index (χ0n) is 10.5. The van der Waals surface area contributed by atoms with Crippen molar-refractivity contribution in [1.82, 2.24) is 5.43 Å². The van der Waals surface area contributed by atoms with Crippen molar-refractivity contribution in [2.45, 2.75) is 13.8 Å². The van der Waals surface area contributed by atoms with Crippen LogP contribution in [0.25, 0.3) is 0 Å². The molecule has 0 atom stereocenters. The van der Waals surface area contributed by atoms with Crippen molar-refractivity contribution in [2.24, 2.45) is 0 Å². The van der Waals surface area contributed by atoms with Crippen LogP contribution in [0.1, 0.15) is 11.1 Å². The average Bonchev–Trinajstić information content (AvgIpc) is 2.36. The van der Waals surface area contributed by atoms with Crippen LogP contribution in [0.4, 0.5) is 10.5 Å². The first-order valence-electron chi connectivity index (χ1n) is 5.31. The highest BCUT2D eigenvalue weighted by atomic mass is 35.5. The van der Waals surface area contributed by atoms with Gasteiger partial charge in [0.25, 0.3) is 5.91 Å². The van der Waals surface area contributed by atoms with Crippen molar-refractivity contribution in [3.05, 3.63) is 29.3 Å². The van der Waals surface area contributed by atoms with E-state index in [1.165, 1.54) is 7.11 Å². The summed E-state index contributed by atoms with van der Waals surface area (Å²) < 4.78 is 4.49. The summed E-state index contributed by atoms with van der Waals surface area (Å²) in [5.74, 6) is -0.669. The van der Waals surface area contributed by atoms with E-state index in [1.54, 1.807) is 0 Å². The van der Waals surface area contributed by atoms with Gasteiger partial charge in [0.05, 0.1) is 12.8 Å². The van der Waals surface area contributed by atoms with Crippen molar-refractivity contribution in [2.75, 3.05) is 18.0 Å². The Hall–Kier alpha value is -1.75. The van der Waals surface area contributed by atoms with E-state index in [0.717, 1.165) is 16.1 Å². The number of hydrazine groups is 1. The van der Waals surface area contributed by atoms with Crippen molar-refractivity contribution < 1.29 is 14.3 Å². The lowest BCUT2D eigenvalue weighted by atomic mass is 10.1. The molecule has 0 heterocycles. The molecule has 0 saturated heterocycles. The number of halogens is 1. The monoisotopic (exact) mass is 270 g/mol. The highest BCUT2D eigenvalue weighted by molar-refractivity contribution is 6.29. The first-order chi connectivity index (χ1) is 8.51. The van der Waals surface area contributed by atoms with E-state index < -0.39 is 12.0 Å². The Morgan fingerprint density at radius 1 is 1.33 bits per heavy atom. The lowest BCUT2D eigenvalue weighted by molar-refractivity contribution is -0.116. The van der Waals surface area contributed by atoms with Crippen molar-refractivity contribution >= 4 is 29.3 Å². The number of methoxy groups -OCH3 is 1. The van der Waals surface area contributed by atoms with Crippen molar-refractivity contribution in [1.29, 1.82) is 0 Å². The zero-order valence-corrected chi connectivity index (χ0v) is 11.2. The van der Waals surface area contributed by atoms with E-state index in [0.29, 0.717) is 5.69 Å². The van der Waals surface area contributed by atoms with Crippen LogP contribution in [0.5, 0.6) is 0 Å². The second kappa shape index (κ2) is 6.26. The number of benzene rings is 1. The molecule has 1 N–H and O–H groups in total. The van der Waals surface area contributed by atoms with Crippen molar-refractivity contribution in [3.63, 3.8) is 0 Å². The predicted octanol–water partition coefficient (Wildman–Crippen LogP) is 2.15. The van der Waals surface area contributed by atoms with Gasteiger partial charge >= 0.3 is 6.09 Å². The summed E-state index contributed by atoms with van der Waals surface area (Å²) in [6, 6.07) is 5.56. The summed E-state index contributed by atoms with van der Waals surface area (Å²) >= 11 is 5.54. The number of carbonyl (C=O) groups is 2. The Kier molecular flexibility index (Phi) is 4.97. The smallest absolute Gasteiger partial charge is 0.426 e. The molecule has 0 unspecified atom stereocenters. The fraction of sp³-hybridized carbons (Fsp3) is 0.333. The Labute approximate surface area is 111 Å². The summed E-state index contributed by atoms with van der Waals surface area (Å²) in [5, 5.41) is 1.11. The maximum Gasteiger partial charge on any atom is 0.426 e. The number of nitrogens with one attached hydrogen (secondary N) is 1. The van der Waals surface area contributed by atoms with Crippen LogP contribution in [0.2, 0.25) is 0 Å². The molecule has 0 aliphatic heterocycles. The fourth-order valence-corrected chi connectivity index (χ4v) is 1.72. The maximum atomic E-state index is 11.8. The molecule has 1 aromatic rings. The molecule has 0 radical (unpaired) electrons. The van der Waals surface area contributed by atoms with E-state index in [4.69, 9.17) is 11.6 Å². The second-order valence-electron chi connectivity index (χ2n) is 3.71. The molecule has 0 spiro atoms. The summed E-state index contributed by atoms with van der Waals surface area (Å²) in [6.07, 6.45) is -0.726. The number of carbonyl (C=O) groups excluding carboxylic acids is 2. The molecular weight excluding hydrogens is 256 g/mol. The second-order valence-corrected chi connectivity index (χ2v) is 3.97. The predicted molar refractivity (Wildman–Crippen MR) is 69.7 cm³/mol. The zero-order chi connectivity index (χ0) is 13.7. The van der Waals surface area contributed by atoms with Crippen LogP contribution in [0, 0.1) is 13.8 Å². The minimum Gasteiger partial charge on any atom is -0.452 e. The number of aryl methyl sites for hydroxylation is 2. The summed E-state index contributed by atoms with van der Waals surface area (Å²) in [4.78, 5) is 23.1. The molecule has 0 bridgehead atoms. The Morgan fingerprint density at radius 2 is 1.89 bits per heavy atom. The molecule has 98 valence electrons. The third-order valence-corrected chi connectivity index (χ3v) is 2.64. The van der Waals surface area contributed by atoms with E-state index in [-0.39, 0.29) is 5.88 Å². The molecule has 0 fully saturated rings. The fourth-order valence-electron chi connectivity index (χ4n) is 1.60. The Balaban J connectivity index is 3.17. The first kappa shape index (κ1) is 14.3. The highest BCUT2D eigenvalue weighted by Crippen LogP contribution is 2.23. The van der Waals surface area contributed by atoms with Gasteiger partial charge in [-0.25, -0.2) is 15.2 Å². The van der Waals surface area contributed by atoms with Gasteiger partial charge in [0, 0.05) is 0 Å². The van der Waals surface area contributed by atoms with Gasteiger partial charge in [-0.3, -0.25) is 4.79 Å². The summed E-state index contributed by atoms with van der Waals surface area (Å²) in [7, 11) is 1.23. The number of anilines is 1. The number of hydrogen-bond acceptors (Lipinski definition) is 3. The van der Waals surface area contributed by atoms with E-state index in [1.807, 2.05) is 32.0 Å². The molecule has 5 nitrogen and oxygen atoms in total. The molecule has 2 amide bonds. The Morgan fingerprint density at radius 3 is 2.33 bits per heavy atom. The number of ether oxygens (including phenoxy) is 1. The van der Waals surface area contributed by atoms with Crippen LogP contribution in [0.15, 0.2) is 18.2 Å². The van der Waals surface area contributed by atoms with E-state index >= 15 is 0 Å². The highest BCUT2D eigenvalue weighted by Gasteiger charge is 2.21. The van der Waals surface area contributed by atoms with Crippen LogP contribution >= 0.6 is 11.6 Å². The molecule has 0 aromatic heterocycles. The van der Waals surface area contributed by atoms with Gasteiger partial charge in [-0.1, -0.05) is 18.2 Å². The molecule has 6 heteroatoms. The maximum absolute atomic E-state index is 11.8. The number of rotatable bonds is 2. The lowest BCUT2D eigenvalue weighted by Gasteiger charge is -2.25. The number of para-hydroxylation sites is 1. The Bertz CT molecular complexity index is 442. The van der Waals surface area contributed by atoms with Gasteiger partial charge in [-0.15, -0.1) is 11.6 Å². The number of alkyl halides is 1. The van der Waals surface area contributed by atoms with Gasteiger partial charge in [-0.2, -0.15) is 0 Å². The third kappa shape index (κ3) is 3.13. The summed E-state index contributed by atoms with van der Waals surface area (Å²) in [5.41, 5.74) is 4.66. The minimum absolute atomic E-state index is 0.238. The molecule has 0 saturated carbocycles. The topological polar surface area (TPSA) is 58.6 Å². The van der Waals surface area contributed by atoms with Crippen LogP contribution in [0.3, 0.4) is 0 Å². The van der Waals surface area contributed by atoms with Gasteiger partial charge in [0.1, 0.15) is 5.88 Å². The quantitative estimate of drug-likeness (QED) is 0.662. The molecule has 0 aliphatic carbocycles. The van der Waals surface area contributed by atoms with E-state index in [9.17, 15) is 9.59 Å². The first-order valence-corrected chi connectivity index (χ1v) is 5.84. The number of nitrogens with zero attached hydrogens (tertiary/aromatic N) is 1. The van der Waals surface area contributed by atoms with Crippen LogP contribution in [-0.2, 0) is 9.53 Å². The number of hydrogen-bond donors (Lipinski definition) is 1. The van der Waals surface area contributed by atoms with Crippen molar-refractivity contribution in [3.8, 4) is 0 Å². The molecular formula is C12H15ClN2O3. The van der Waals surface area contributed by atoms with Gasteiger partial charge in [0.2, 0.25) is 0 Å². The third-order valence-electron chi connectivity index (χ3n) is 2.42. The largest absolute Gasteiger partial charge is 0.452 e. The number of amides is 2. The lowest BCUT2D eigenvalue weighted by Crippen LogP contribution is -2.47. The standard InChI is InChI=1S/C12H15ClN2O3/c1-8-5-4-6-9(2)11(8)15(10(16)7-13)14-12(17)18-3/h4-6H,7H2,1-3H3,(H,14,17). The van der Waals surface area contributed by atoms with Crippen LogP contribution in [-0.4, -0.2) is 25.0 Å².